The molecule has 6 rings (SSSR count). The van der Waals surface area contributed by atoms with Crippen LogP contribution >= 0.6 is 0 Å². The monoisotopic (exact) mass is 440 g/mol. The highest BCUT2D eigenvalue weighted by Gasteiger charge is 2.24. The van der Waals surface area contributed by atoms with Gasteiger partial charge < -0.3 is 18.9 Å². The molecule has 168 valence electrons. The molecule has 33 heavy (non-hydrogen) atoms. The molecule has 3 heterocycles. The van der Waals surface area contributed by atoms with Gasteiger partial charge in [0, 0.05) is 24.1 Å². The summed E-state index contributed by atoms with van der Waals surface area (Å²) >= 11 is 0. The van der Waals surface area contributed by atoms with Crippen molar-refractivity contribution in [3.05, 3.63) is 78.0 Å². The fraction of sp³-hybridized carbons (Fsp3) is 0.321. The molecule has 3 aromatic carbocycles. The van der Waals surface area contributed by atoms with E-state index in [1.807, 2.05) is 18.2 Å². The molecular weight excluding hydrogens is 412 g/mol. The lowest BCUT2D eigenvalue weighted by molar-refractivity contribution is 0.171. The lowest BCUT2D eigenvalue weighted by Crippen LogP contribution is -2.34. The first-order valence-electron chi connectivity index (χ1n) is 11.9. The van der Waals surface area contributed by atoms with Gasteiger partial charge in [-0.05, 0) is 66.9 Å². The second kappa shape index (κ2) is 8.91. The molecule has 0 atom stereocenters. The molecule has 0 radical (unpaired) electrons. The molecule has 4 aromatic rings. The second-order valence-electron chi connectivity index (χ2n) is 8.98. The van der Waals surface area contributed by atoms with Gasteiger partial charge in [0.15, 0.2) is 17.3 Å². The smallest absolute Gasteiger partial charge is 0.167 e. The quantitative estimate of drug-likeness (QED) is 0.399. The van der Waals surface area contributed by atoms with Crippen molar-refractivity contribution in [1.29, 1.82) is 0 Å². The predicted octanol–water partition coefficient (Wildman–Crippen LogP) is 5.69. The first-order chi connectivity index (χ1) is 16.3. The van der Waals surface area contributed by atoms with Crippen LogP contribution in [-0.4, -0.2) is 42.9 Å². The van der Waals surface area contributed by atoms with Crippen LogP contribution < -0.4 is 9.47 Å². The molecule has 1 fully saturated rings. The van der Waals surface area contributed by atoms with E-state index in [0.717, 1.165) is 67.4 Å². The van der Waals surface area contributed by atoms with E-state index in [0.29, 0.717) is 19.1 Å². The Bertz CT molecular complexity index is 1250. The molecule has 1 aromatic heterocycles. The van der Waals surface area contributed by atoms with Crippen molar-refractivity contribution >= 4 is 10.8 Å². The van der Waals surface area contributed by atoms with Gasteiger partial charge in [-0.2, -0.15) is 0 Å². The standard InChI is InChI=1S/C28H28N2O3/c1-2-7-24-20(4-1)5-3-6-21(24)10-13-30-14-11-22(12-15-30)25-19-27(33-29-25)23-8-9-26-28(18-23)32-17-16-31-26/h1-9,18-19,22H,10-17H2. The third kappa shape index (κ3) is 4.21. The Morgan fingerprint density at radius 3 is 2.58 bits per heavy atom. The SMILES string of the molecule is c1ccc2c(CCN3CCC(c4cc(-c5ccc6c(c5)OCCO6)on4)CC3)cccc2c1. The molecule has 2 aliphatic rings. The minimum absolute atomic E-state index is 0.452. The molecule has 5 heteroatoms. The van der Waals surface area contributed by atoms with Crippen molar-refractivity contribution in [2.45, 2.75) is 25.2 Å². The maximum absolute atomic E-state index is 5.71. The zero-order valence-electron chi connectivity index (χ0n) is 18.7. The Morgan fingerprint density at radius 2 is 1.67 bits per heavy atom. The summed E-state index contributed by atoms with van der Waals surface area (Å²) in [5.74, 6) is 2.81. The number of likely N-dealkylation sites (tertiary alicyclic amines) is 1. The van der Waals surface area contributed by atoms with Crippen molar-refractivity contribution in [3.8, 4) is 22.8 Å². The van der Waals surface area contributed by atoms with E-state index in [4.69, 9.17) is 14.0 Å². The third-order valence-corrected chi connectivity index (χ3v) is 6.94. The van der Waals surface area contributed by atoms with Crippen molar-refractivity contribution < 1.29 is 14.0 Å². The highest BCUT2D eigenvalue weighted by atomic mass is 16.6. The Kier molecular flexibility index (Phi) is 5.48. The van der Waals surface area contributed by atoms with Crippen LogP contribution in [0.2, 0.25) is 0 Å². The maximum Gasteiger partial charge on any atom is 0.167 e. The van der Waals surface area contributed by atoms with Gasteiger partial charge in [-0.15, -0.1) is 0 Å². The van der Waals surface area contributed by atoms with Crippen molar-refractivity contribution in [1.82, 2.24) is 10.1 Å². The number of nitrogens with zero attached hydrogens (tertiary/aromatic N) is 2. The zero-order valence-corrected chi connectivity index (χ0v) is 18.7. The van der Waals surface area contributed by atoms with Gasteiger partial charge >= 0.3 is 0 Å². The van der Waals surface area contributed by atoms with E-state index >= 15 is 0 Å². The Morgan fingerprint density at radius 1 is 0.848 bits per heavy atom. The van der Waals surface area contributed by atoms with Crippen LogP contribution in [0.3, 0.4) is 0 Å². The van der Waals surface area contributed by atoms with Crippen LogP contribution in [0.4, 0.5) is 0 Å². The summed E-state index contributed by atoms with van der Waals surface area (Å²) in [5, 5.41) is 7.12. The van der Waals surface area contributed by atoms with Crippen LogP contribution in [0.5, 0.6) is 11.5 Å². The number of rotatable bonds is 5. The Labute approximate surface area is 193 Å². The highest BCUT2D eigenvalue weighted by Crippen LogP contribution is 2.36. The summed E-state index contributed by atoms with van der Waals surface area (Å²) in [6, 6.07) is 23.3. The molecular formula is C28H28N2O3. The molecule has 0 saturated carbocycles. The van der Waals surface area contributed by atoms with Gasteiger partial charge in [0.1, 0.15) is 13.2 Å². The highest BCUT2D eigenvalue weighted by molar-refractivity contribution is 5.85. The minimum atomic E-state index is 0.452. The van der Waals surface area contributed by atoms with E-state index in [1.54, 1.807) is 0 Å². The summed E-state index contributed by atoms with van der Waals surface area (Å²) in [4.78, 5) is 2.58. The number of ether oxygens (including phenoxy) is 2. The number of aromatic nitrogens is 1. The minimum Gasteiger partial charge on any atom is -0.486 e. The summed E-state index contributed by atoms with van der Waals surface area (Å²) < 4.78 is 17.0. The van der Waals surface area contributed by atoms with Gasteiger partial charge in [-0.1, -0.05) is 47.6 Å². The van der Waals surface area contributed by atoms with Crippen LogP contribution in [0.25, 0.3) is 22.1 Å². The normalized spacial score (nSPS) is 16.8. The molecule has 5 nitrogen and oxygen atoms in total. The van der Waals surface area contributed by atoms with Crippen LogP contribution in [-0.2, 0) is 6.42 Å². The third-order valence-electron chi connectivity index (χ3n) is 6.94. The van der Waals surface area contributed by atoms with E-state index in [-0.39, 0.29) is 0 Å². The number of piperidine rings is 1. The number of hydrogen-bond donors (Lipinski definition) is 0. The molecule has 0 aliphatic carbocycles. The van der Waals surface area contributed by atoms with Gasteiger partial charge in [0.2, 0.25) is 0 Å². The molecule has 2 aliphatic heterocycles. The van der Waals surface area contributed by atoms with Crippen LogP contribution in [0.15, 0.2) is 71.3 Å². The van der Waals surface area contributed by atoms with Gasteiger partial charge in [0.05, 0.1) is 5.69 Å². The lowest BCUT2D eigenvalue weighted by atomic mass is 9.92. The van der Waals surface area contributed by atoms with Crippen molar-refractivity contribution in [2.24, 2.45) is 0 Å². The first-order valence-corrected chi connectivity index (χ1v) is 11.9. The number of fused-ring (bicyclic) bond motifs is 2. The first kappa shape index (κ1) is 20.3. The lowest BCUT2D eigenvalue weighted by Gasteiger charge is -2.31. The topological polar surface area (TPSA) is 47.7 Å². The molecule has 0 N–H and O–H groups in total. The Balaban J connectivity index is 1.07. The molecule has 1 saturated heterocycles. The van der Waals surface area contributed by atoms with E-state index in [2.05, 4.69) is 58.6 Å². The van der Waals surface area contributed by atoms with Crippen LogP contribution in [0, 0.1) is 0 Å². The summed E-state index contributed by atoms with van der Waals surface area (Å²) in [5.41, 5.74) is 3.48. The molecule has 0 amide bonds. The van der Waals surface area contributed by atoms with Gasteiger partial charge in [-0.25, -0.2) is 0 Å². The zero-order chi connectivity index (χ0) is 22.0. The van der Waals surface area contributed by atoms with E-state index < -0.39 is 0 Å². The largest absolute Gasteiger partial charge is 0.486 e. The number of hydrogen-bond acceptors (Lipinski definition) is 5. The maximum atomic E-state index is 5.71. The summed E-state index contributed by atoms with van der Waals surface area (Å²) in [6.07, 6.45) is 3.32. The van der Waals surface area contributed by atoms with Crippen LogP contribution in [0.1, 0.15) is 30.0 Å². The molecule has 0 bridgehead atoms. The van der Waals surface area contributed by atoms with Crippen molar-refractivity contribution in [3.63, 3.8) is 0 Å². The summed E-state index contributed by atoms with van der Waals surface area (Å²) in [7, 11) is 0. The summed E-state index contributed by atoms with van der Waals surface area (Å²) in [6.45, 7) is 4.47. The second-order valence-corrected chi connectivity index (χ2v) is 8.98. The van der Waals surface area contributed by atoms with E-state index in [1.165, 1.54) is 16.3 Å². The fourth-order valence-corrected chi connectivity index (χ4v) is 5.06. The Hall–Kier alpha value is -3.31. The average Bonchev–Trinajstić information content (AvgIpc) is 3.38. The molecule has 0 unspecified atom stereocenters. The van der Waals surface area contributed by atoms with Gasteiger partial charge in [0.25, 0.3) is 0 Å². The van der Waals surface area contributed by atoms with E-state index in [9.17, 15) is 0 Å². The number of benzene rings is 3. The van der Waals surface area contributed by atoms with Gasteiger partial charge in [-0.3, -0.25) is 0 Å². The average molecular weight is 441 g/mol. The predicted molar refractivity (Wildman–Crippen MR) is 129 cm³/mol. The fourth-order valence-electron chi connectivity index (χ4n) is 5.06. The van der Waals surface area contributed by atoms with Crippen molar-refractivity contribution in [2.75, 3.05) is 32.8 Å². The molecule has 0 spiro atoms.